The van der Waals surface area contributed by atoms with Crippen LogP contribution in [0.15, 0.2) is 22.7 Å². The maximum atomic E-state index is 13.6. The molecule has 1 aliphatic heterocycles. The average molecular weight is 329 g/mol. The molecule has 2 rings (SSSR count). The third-order valence-corrected chi connectivity index (χ3v) is 4.07. The number of halogens is 2. The van der Waals surface area contributed by atoms with Gasteiger partial charge in [-0.15, -0.1) is 0 Å². The Morgan fingerprint density at radius 3 is 3.11 bits per heavy atom. The highest BCUT2D eigenvalue weighted by molar-refractivity contribution is 9.10. The summed E-state index contributed by atoms with van der Waals surface area (Å²) in [6.45, 7) is 4.78. The normalized spacial score (nSPS) is 19.6. The second kappa shape index (κ2) is 6.48. The van der Waals surface area contributed by atoms with Crippen LogP contribution in [-0.2, 0) is 0 Å². The Morgan fingerprint density at radius 2 is 2.37 bits per heavy atom. The number of carbonyl (C=O) groups is 1. The minimum Gasteiger partial charge on any atom is -0.350 e. The lowest BCUT2D eigenvalue weighted by Gasteiger charge is -2.22. The fraction of sp³-hybridized carbons (Fsp3) is 0.500. The van der Waals surface area contributed by atoms with Gasteiger partial charge >= 0.3 is 0 Å². The van der Waals surface area contributed by atoms with Gasteiger partial charge in [-0.05, 0) is 44.1 Å². The van der Waals surface area contributed by atoms with Crippen molar-refractivity contribution in [3.05, 3.63) is 34.1 Å². The molecule has 5 heteroatoms. The molecule has 0 radical (unpaired) electrons. The van der Waals surface area contributed by atoms with Crippen LogP contribution in [0.5, 0.6) is 0 Å². The van der Waals surface area contributed by atoms with Crippen molar-refractivity contribution in [2.75, 3.05) is 19.6 Å². The van der Waals surface area contributed by atoms with Crippen molar-refractivity contribution in [1.82, 2.24) is 10.2 Å². The highest BCUT2D eigenvalue weighted by atomic mass is 79.9. The van der Waals surface area contributed by atoms with Crippen molar-refractivity contribution >= 4 is 21.8 Å². The molecule has 0 spiro atoms. The maximum Gasteiger partial charge on any atom is 0.254 e. The van der Waals surface area contributed by atoms with E-state index in [0.29, 0.717) is 17.1 Å². The monoisotopic (exact) mass is 328 g/mol. The molecule has 0 aliphatic carbocycles. The standard InChI is InChI=1S/C14H18BrFN2O/c1-2-18-7-3-4-11(18)9-17-14(19)12-8-10(15)5-6-13(12)16/h5-6,8,11H,2-4,7,9H2,1H3,(H,17,19). The Labute approximate surface area is 121 Å². The van der Waals surface area contributed by atoms with E-state index in [1.54, 1.807) is 6.07 Å². The second-order valence-corrected chi connectivity index (χ2v) is 5.67. The average Bonchev–Trinajstić information content (AvgIpc) is 2.86. The molecule has 1 unspecified atom stereocenters. The van der Waals surface area contributed by atoms with Crippen LogP contribution in [0.25, 0.3) is 0 Å². The van der Waals surface area contributed by atoms with Crippen LogP contribution in [0.1, 0.15) is 30.1 Å². The number of rotatable bonds is 4. The van der Waals surface area contributed by atoms with Crippen LogP contribution in [-0.4, -0.2) is 36.5 Å². The second-order valence-electron chi connectivity index (χ2n) is 4.76. The van der Waals surface area contributed by atoms with E-state index >= 15 is 0 Å². The first-order chi connectivity index (χ1) is 9.11. The molecule has 19 heavy (non-hydrogen) atoms. The molecule has 104 valence electrons. The van der Waals surface area contributed by atoms with Gasteiger partial charge in [0.05, 0.1) is 5.56 Å². The molecule has 0 aromatic heterocycles. The third kappa shape index (κ3) is 3.54. The van der Waals surface area contributed by atoms with E-state index in [2.05, 4.69) is 33.1 Å². The van der Waals surface area contributed by atoms with Gasteiger partial charge < -0.3 is 5.32 Å². The SMILES string of the molecule is CCN1CCCC1CNC(=O)c1cc(Br)ccc1F. The Kier molecular flexibility index (Phi) is 4.93. The van der Waals surface area contributed by atoms with Gasteiger partial charge in [-0.1, -0.05) is 22.9 Å². The summed E-state index contributed by atoms with van der Waals surface area (Å²) < 4.78 is 14.3. The molecule has 1 aromatic carbocycles. The fourth-order valence-corrected chi connectivity index (χ4v) is 2.88. The van der Waals surface area contributed by atoms with Gasteiger partial charge in [0.1, 0.15) is 5.82 Å². The van der Waals surface area contributed by atoms with E-state index in [-0.39, 0.29) is 11.5 Å². The molecule has 1 amide bonds. The quantitative estimate of drug-likeness (QED) is 0.921. The zero-order valence-electron chi connectivity index (χ0n) is 11.0. The molecular formula is C14H18BrFN2O. The lowest BCUT2D eigenvalue weighted by atomic mass is 10.2. The van der Waals surface area contributed by atoms with Crippen LogP contribution in [0.2, 0.25) is 0 Å². The molecule has 1 heterocycles. The molecule has 1 atom stereocenters. The van der Waals surface area contributed by atoms with Crippen molar-refractivity contribution in [2.24, 2.45) is 0 Å². The molecule has 0 bridgehead atoms. The smallest absolute Gasteiger partial charge is 0.254 e. The van der Waals surface area contributed by atoms with Crippen LogP contribution in [0, 0.1) is 5.82 Å². The van der Waals surface area contributed by atoms with E-state index < -0.39 is 5.82 Å². The summed E-state index contributed by atoms with van der Waals surface area (Å²) in [4.78, 5) is 14.3. The number of nitrogens with one attached hydrogen (secondary N) is 1. The molecule has 1 aliphatic rings. The van der Waals surface area contributed by atoms with E-state index in [1.165, 1.54) is 18.6 Å². The van der Waals surface area contributed by atoms with E-state index in [0.717, 1.165) is 19.5 Å². The minimum atomic E-state index is -0.487. The number of benzene rings is 1. The zero-order chi connectivity index (χ0) is 13.8. The number of amides is 1. The summed E-state index contributed by atoms with van der Waals surface area (Å²) in [6, 6.07) is 4.77. The van der Waals surface area contributed by atoms with Gasteiger partial charge in [0, 0.05) is 17.1 Å². The Bertz CT molecular complexity index is 467. The Balaban J connectivity index is 1.96. The zero-order valence-corrected chi connectivity index (χ0v) is 12.5. The summed E-state index contributed by atoms with van der Waals surface area (Å²) in [7, 11) is 0. The van der Waals surface area contributed by atoms with Gasteiger partial charge in [-0.3, -0.25) is 9.69 Å². The molecule has 0 saturated carbocycles. The van der Waals surface area contributed by atoms with Gasteiger partial charge in [0.25, 0.3) is 5.91 Å². The summed E-state index contributed by atoms with van der Waals surface area (Å²) in [5.74, 6) is -0.832. The Morgan fingerprint density at radius 1 is 1.58 bits per heavy atom. The van der Waals surface area contributed by atoms with Crippen LogP contribution < -0.4 is 5.32 Å². The number of nitrogens with zero attached hydrogens (tertiary/aromatic N) is 1. The number of hydrogen-bond donors (Lipinski definition) is 1. The molecule has 1 N–H and O–H groups in total. The van der Waals surface area contributed by atoms with Gasteiger partial charge in [-0.25, -0.2) is 4.39 Å². The van der Waals surface area contributed by atoms with E-state index in [9.17, 15) is 9.18 Å². The predicted octanol–water partition coefficient (Wildman–Crippen LogP) is 2.80. The first-order valence-corrected chi connectivity index (χ1v) is 7.38. The van der Waals surface area contributed by atoms with Crippen molar-refractivity contribution in [3.63, 3.8) is 0 Å². The summed E-state index contributed by atoms with van der Waals surface area (Å²) in [6.07, 6.45) is 2.26. The lowest BCUT2D eigenvalue weighted by molar-refractivity contribution is 0.0937. The number of likely N-dealkylation sites (N-methyl/N-ethyl adjacent to an activating group) is 1. The highest BCUT2D eigenvalue weighted by Crippen LogP contribution is 2.17. The predicted molar refractivity (Wildman–Crippen MR) is 76.7 cm³/mol. The van der Waals surface area contributed by atoms with Gasteiger partial charge in [-0.2, -0.15) is 0 Å². The first kappa shape index (κ1) is 14.5. The number of likely N-dealkylation sites (tertiary alicyclic amines) is 1. The van der Waals surface area contributed by atoms with E-state index in [1.807, 2.05) is 0 Å². The maximum absolute atomic E-state index is 13.6. The highest BCUT2D eigenvalue weighted by Gasteiger charge is 2.23. The van der Waals surface area contributed by atoms with Crippen molar-refractivity contribution in [2.45, 2.75) is 25.8 Å². The van der Waals surface area contributed by atoms with Crippen LogP contribution in [0.3, 0.4) is 0 Å². The topological polar surface area (TPSA) is 32.3 Å². The molecule has 1 saturated heterocycles. The van der Waals surface area contributed by atoms with Gasteiger partial charge in [0.15, 0.2) is 0 Å². The van der Waals surface area contributed by atoms with Gasteiger partial charge in [0.2, 0.25) is 0 Å². The number of carbonyl (C=O) groups excluding carboxylic acids is 1. The summed E-state index contributed by atoms with van der Waals surface area (Å²) in [5.41, 5.74) is 0.0930. The van der Waals surface area contributed by atoms with Crippen molar-refractivity contribution in [3.8, 4) is 0 Å². The van der Waals surface area contributed by atoms with Crippen molar-refractivity contribution in [1.29, 1.82) is 0 Å². The molecular weight excluding hydrogens is 311 g/mol. The van der Waals surface area contributed by atoms with Crippen LogP contribution >= 0.6 is 15.9 Å². The van der Waals surface area contributed by atoms with Crippen molar-refractivity contribution < 1.29 is 9.18 Å². The lowest BCUT2D eigenvalue weighted by Crippen LogP contribution is -2.40. The molecule has 3 nitrogen and oxygen atoms in total. The number of hydrogen-bond acceptors (Lipinski definition) is 2. The first-order valence-electron chi connectivity index (χ1n) is 6.59. The fourth-order valence-electron chi connectivity index (χ4n) is 2.52. The summed E-state index contributed by atoms with van der Waals surface area (Å²) in [5, 5.41) is 2.83. The summed E-state index contributed by atoms with van der Waals surface area (Å²) >= 11 is 3.25. The van der Waals surface area contributed by atoms with E-state index in [4.69, 9.17) is 0 Å². The largest absolute Gasteiger partial charge is 0.350 e. The third-order valence-electron chi connectivity index (χ3n) is 3.58. The van der Waals surface area contributed by atoms with Crippen LogP contribution in [0.4, 0.5) is 4.39 Å². The Hall–Kier alpha value is -0.940. The minimum absolute atomic E-state index is 0.0930. The molecule has 1 aromatic rings. The molecule has 1 fully saturated rings.